The van der Waals surface area contributed by atoms with Crippen LogP contribution in [0.4, 0.5) is 5.13 Å². The van der Waals surface area contributed by atoms with Crippen LogP contribution in [-0.4, -0.2) is 29.3 Å². The zero-order valence-electron chi connectivity index (χ0n) is 20.6. The predicted octanol–water partition coefficient (Wildman–Crippen LogP) is 6.77. The van der Waals surface area contributed by atoms with Crippen molar-refractivity contribution in [3.63, 3.8) is 0 Å². The molecule has 0 saturated carbocycles. The summed E-state index contributed by atoms with van der Waals surface area (Å²) < 4.78 is 12.5. The Hall–Kier alpha value is -3.22. The van der Waals surface area contributed by atoms with E-state index >= 15 is 0 Å². The molecule has 0 radical (unpaired) electrons. The maximum Gasteiger partial charge on any atom is 0.268 e. The first-order valence-corrected chi connectivity index (χ1v) is 13.4. The van der Waals surface area contributed by atoms with E-state index in [9.17, 15) is 10.1 Å². The number of ether oxygens (including phenoxy) is 2. The van der Waals surface area contributed by atoms with E-state index in [1.807, 2.05) is 31.2 Å². The first-order chi connectivity index (χ1) is 17.4. The zero-order chi connectivity index (χ0) is 25.9. The summed E-state index contributed by atoms with van der Waals surface area (Å²) in [5, 5.41) is 21.5. The number of anilines is 1. The molecule has 0 aliphatic rings. The number of nitrogens with zero attached hydrogens (tertiary/aromatic N) is 3. The molecule has 1 atom stereocenters. The molecule has 2 aromatic carbocycles. The van der Waals surface area contributed by atoms with Crippen molar-refractivity contribution in [2.75, 3.05) is 18.5 Å². The Morgan fingerprint density at radius 1 is 1.17 bits per heavy atom. The molecule has 3 aromatic rings. The van der Waals surface area contributed by atoms with Crippen LogP contribution in [0.1, 0.15) is 55.7 Å². The van der Waals surface area contributed by atoms with Crippen molar-refractivity contribution in [1.29, 1.82) is 5.26 Å². The van der Waals surface area contributed by atoms with Crippen molar-refractivity contribution in [1.82, 2.24) is 10.2 Å². The summed E-state index contributed by atoms with van der Waals surface area (Å²) in [6, 6.07) is 15.5. The quantitative estimate of drug-likeness (QED) is 0.147. The van der Waals surface area contributed by atoms with E-state index in [0.717, 1.165) is 34.5 Å². The van der Waals surface area contributed by atoms with Gasteiger partial charge in [0.25, 0.3) is 5.91 Å². The predicted molar refractivity (Wildman–Crippen MR) is 146 cm³/mol. The van der Waals surface area contributed by atoms with Gasteiger partial charge in [0.15, 0.2) is 0 Å². The Labute approximate surface area is 224 Å². The van der Waals surface area contributed by atoms with E-state index in [2.05, 4.69) is 57.4 Å². The van der Waals surface area contributed by atoms with Crippen LogP contribution < -0.4 is 14.8 Å². The third-order valence-corrected chi connectivity index (χ3v) is 6.85. The topological polar surface area (TPSA) is 97.1 Å². The minimum absolute atomic E-state index is 0.0668. The lowest BCUT2D eigenvalue weighted by Gasteiger charge is -2.13. The lowest BCUT2D eigenvalue weighted by Crippen LogP contribution is -2.13. The Morgan fingerprint density at radius 3 is 2.61 bits per heavy atom. The number of aromatic nitrogens is 2. The van der Waals surface area contributed by atoms with Crippen molar-refractivity contribution in [2.45, 2.75) is 46.0 Å². The lowest BCUT2D eigenvalue weighted by atomic mass is 9.99. The van der Waals surface area contributed by atoms with Crippen molar-refractivity contribution in [3.8, 4) is 17.6 Å². The fraction of sp³-hybridized carbons (Fsp3) is 0.333. The number of nitriles is 1. The molecule has 0 spiro atoms. The summed E-state index contributed by atoms with van der Waals surface area (Å²) >= 11 is 4.74. The molecule has 0 bridgehead atoms. The molecule has 0 aliphatic heterocycles. The lowest BCUT2D eigenvalue weighted by molar-refractivity contribution is -0.112. The Kier molecular flexibility index (Phi) is 10.5. The monoisotopic (exact) mass is 568 g/mol. The molecule has 1 heterocycles. The van der Waals surface area contributed by atoms with Gasteiger partial charge in [0.05, 0.1) is 0 Å². The van der Waals surface area contributed by atoms with Gasteiger partial charge in [0.2, 0.25) is 5.13 Å². The molecule has 1 unspecified atom stereocenters. The standard InChI is InChI=1S/C27H29BrN4O3S/c1-4-6-25-31-32-27(36-25)30-26(33)21(17-29)15-20-16-22(28)9-12-24(20)35-14-13-34-23-10-7-19(8-11-23)18(3)5-2/h7-12,15-16,18H,4-6,13-14H2,1-3H3,(H,30,32,33)/b21-15-. The van der Waals surface area contributed by atoms with Crippen LogP contribution in [0.2, 0.25) is 0 Å². The van der Waals surface area contributed by atoms with E-state index < -0.39 is 5.91 Å². The molecule has 0 aliphatic carbocycles. The van der Waals surface area contributed by atoms with Crippen LogP contribution in [0.3, 0.4) is 0 Å². The van der Waals surface area contributed by atoms with Gasteiger partial charge in [-0.1, -0.05) is 60.2 Å². The zero-order valence-corrected chi connectivity index (χ0v) is 23.0. The Balaban J connectivity index is 1.63. The minimum atomic E-state index is -0.549. The highest BCUT2D eigenvalue weighted by molar-refractivity contribution is 9.10. The van der Waals surface area contributed by atoms with Crippen LogP contribution in [0.15, 0.2) is 52.5 Å². The fourth-order valence-corrected chi connectivity index (χ4v) is 4.51. The molecule has 0 saturated heterocycles. The maximum atomic E-state index is 12.7. The molecular formula is C27H29BrN4O3S. The number of rotatable bonds is 12. The maximum absolute atomic E-state index is 12.7. The van der Waals surface area contributed by atoms with Gasteiger partial charge in [0, 0.05) is 16.5 Å². The van der Waals surface area contributed by atoms with Crippen molar-refractivity contribution in [2.24, 2.45) is 0 Å². The number of aryl methyl sites for hydroxylation is 1. The van der Waals surface area contributed by atoms with Gasteiger partial charge in [0.1, 0.15) is 41.4 Å². The fourth-order valence-electron chi connectivity index (χ4n) is 3.29. The first kappa shape index (κ1) is 27.4. The van der Waals surface area contributed by atoms with Crippen molar-refractivity contribution < 1.29 is 14.3 Å². The van der Waals surface area contributed by atoms with E-state index in [1.54, 1.807) is 12.1 Å². The van der Waals surface area contributed by atoms with Gasteiger partial charge in [-0.2, -0.15) is 5.26 Å². The second-order valence-corrected chi connectivity index (χ2v) is 10.1. The van der Waals surface area contributed by atoms with Crippen LogP contribution in [0.25, 0.3) is 6.08 Å². The molecule has 0 fully saturated rings. The second-order valence-electron chi connectivity index (χ2n) is 8.13. The van der Waals surface area contributed by atoms with Gasteiger partial charge in [-0.3, -0.25) is 10.1 Å². The van der Waals surface area contributed by atoms with E-state index in [1.165, 1.54) is 23.0 Å². The number of benzene rings is 2. The van der Waals surface area contributed by atoms with Gasteiger partial charge in [-0.25, -0.2) is 0 Å². The third-order valence-electron chi connectivity index (χ3n) is 5.46. The molecule has 36 heavy (non-hydrogen) atoms. The van der Waals surface area contributed by atoms with Crippen molar-refractivity contribution in [3.05, 3.63) is 68.6 Å². The van der Waals surface area contributed by atoms with Gasteiger partial charge >= 0.3 is 0 Å². The van der Waals surface area contributed by atoms with Crippen LogP contribution >= 0.6 is 27.3 Å². The number of hydrogen-bond donors (Lipinski definition) is 1. The number of halogens is 1. The molecule has 3 rings (SSSR count). The number of nitrogens with one attached hydrogen (secondary N) is 1. The van der Waals surface area contributed by atoms with Gasteiger partial charge in [-0.05, 0) is 60.7 Å². The molecule has 1 amide bonds. The van der Waals surface area contributed by atoms with Gasteiger partial charge in [-0.15, -0.1) is 10.2 Å². The SMILES string of the molecule is CCCc1nnc(NC(=O)/C(C#N)=C\c2cc(Br)ccc2OCCOc2ccc(C(C)CC)cc2)s1. The molecule has 1 N–H and O–H groups in total. The molecular weight excluding hydrogens is 540 g/mol. The number of amides is 1. The summed E-state index contributed by atoms with van der Waals surface area (Å²) in [4.78, 5) is 12.7. The summed E-state index contributed by atoms with van der Waals surface area (Å²) in [5.74, 6) is 1.29. The smallest absolute Gasteiger partial charge is 0.268 e. The summed E-state index contributed by atoms with van der Waals surface area (Å²) in [7, 11) is 0. The first-order valence-electron chi connectivity index (χ1n) is 11.8. The third kappa shape index (κ3) is 7.90. The summed E-state index contributed by atoms with van der Waals surface area (Å²) in [6.45, 7) is 7.07. The van der Waals surface area contributed by atoms with Crippen LogP contribution in [-0.2, 0) is 11.2 Å². The normalized spacial score (nSPS) is 12.0. The Bertz CT molecular complexity index is 1230. The molecule has 7 nitrogen and oxygen atoms in total. The van der Waals surface area contributed by atoms with E-state index in [4.69, 9.17) is 9.47 Å². The minimum Gasteiger partial charge on any atom is -0.490 e. The molecule has 9 heteroatoms. The van der Waals surface area contributed by atoms with Crippen LogP contribution in [0, 0.1) is 11.3 Å². The summed E-state index contributed by atoms with van der Waals surface area (Å²) in [5.41, 5.74) is 1.82. The largest absolute Gasteiger partial charge is 0.490 e. The highest BCUT2D eigenvalue weighted by Gasteiger charge is 2.14. The average molecular weight is 570 g/mol. The molecule has 188 valence electrons. The average Bonchev–Trinajstić information content (AvgIpc) is 3.32. The van der Waals surface area contributed by atoms with Crippen molar-refractivity contribution >= 4 is 44.4 Å². The number of carbonyl (C=O) groups excluding carboxylic acids is 1. The highest BCUT2D eigenvalue weighted by Crippen LogP contribution is 2.27. The second kappa shape index (κ2) is 13.8. The number of hydrogen-bond acceptors (Lipinski definition) is 7. The van der Waals surface area contributed by atoms with Gasteiger partial charge < -0.3 is 9.47 Å². The number of carbonyl (C=O) groups is 1. The molecule has 1 aromatic heterocycles. The summed E-state index contributed by atoms with van der Waals surface area (Å²) in [6.07, 6.45) is 4.32. The van der Waals surface area contributed by atoms with E-state index in [-0.39, 0.29) is 5.57 Å². The highest BCUT2D eigenvalue weighted by atomic mass is 79.9. The van der Waals surface area contributed by atoms with Crippen LogP contribution in [0.5, 0.6) is 11.5 Å². The Morgan fingerprint density at radius 2 is 1.92 bits per heavy atom. The van der Waals surface area contributed by atoms with E-state index in [0.29, 0.717) is 35.6 Å².